The predicted molar refractivity (Wildman–Crippen MR) is 240 cm³/mol. The van der Waals surface area contributed by atoms with Crippen LogP contribution < -0.4 is 66.3 Å². The van der Waals surface area contributed by atoms with Gasteiger partial charge in [-0.15, -0.1) is 0 Å². The molecule has 0 saturated carbocycles. The fourth-order valence-electron chi connectivity index (χ4n) is 6.86. The Balaban J connectivity index is 2.31. The highest BCUT2D eigenvalue weighted by Crippen LogP contribution is 2.20. The molecule has 0 aromatic heterocycles. The van der Waals surface area contributed by atoms with Crippen LogP contribution in [0.15, 0.2) is 40.3 Å². The minimum Gasteiger partial charge on any atom is -0.480 e. The normalized spacial score (nSPS) is 16.7. The Hall–Kier alpha value is -7.13. The van der Waals surface area contributed by atoms with E-state index in [-0.39, 0.29) is 70.1 Å². The highest BCUT2D eigenvalue weighted by molar-refractivity contribution is 5.98. The number of rotatable bonds is 28. The van der Waals surface area contributed by atoms with Crippen molar-refractivity contribution in [3.05, 3.63) is 35.9 Å². The van der Waals surface area contributed by atoms with Crippen molar-refractivity contribution in [3.63, 3.8) is 0 Å². The molecule has 8 amide bonds. The third-order valence-corrected chi connectivity index (χ3v) is 10.2. The lowest BCUT2D eigenvalue weighted by Crippen LogP contribution is -2.63. The Morgan fingerprint density at radius 3 is 1.70 bits per heavy atom. The average molecular weight is 948 g/mol. The van der Waals surface area contributed by atoms with E-state index in [9.17, 15) is 58.5 Å². The summed E-state index contributed by atoms with van der Waals surface area (Å²) in [6.07, 6.45) is -3.50. The van der Waals surface area contributed by atoms with Crippen molar-refractivity contribution in [2.45, 2.75) is 120 Å². The number of hydrogen-bond acceptors (Lipinski definition) is 14. The number of carbonyl (C=O) groups is 9. The van der Waals surface area contributed by atoms with E-state index >= 15 is 0 Å². The summed E-state index contributed by atoms with van der Waals surface area (Å²) < 4.78 is 0. The lowest BCUT2D eigenvalue weighted by molar-refractivity contribution is -0.142. The Morgan fingerprint density at radius 2 is 1.19 bits per heavy atom. The number of benzene rings is 1. The smallest absolute Gasteiger partial charge is 0.326 e. The van der Waals surface area contributed by atoms with Crippen LogP contribution in [0.4, 0.5) is 0 Å². The van der Waals surface area contributed by atoms with Crippen LogP contribution in [0.5, 0.6) is 0 Å². The first-order valence-electron chi connectivity index (χ1n) is 21.4. The molecule has 1 saturated heterocycles. The fourth-order valence-corrected chi connectivity index (χ4v) is 6.86. The van der Waals surface area contributed by atoms with Crippen molar-refractivity contribution in [2.75, 3.05) is 26.2 Å². The van der Waals surface area contributed by atoms with E-state index in [1.165, 1.54) is 4.90 Å². The number of aliphatic hydroxyl groups is 2. The third-order valence-electron chi connectivity index (χ3n) is 10.2. The first kappa shape index (κ1) is 56.0. The summed E-state index contributed by atoms with van der Waals surface area (Å²) in [6.45, 7) is 2.06. The van der Waals surface area contributed by atoms with Crippen LogP contribution in [0.1, 0.15) is 64.4 Å². The molecule has 1 fully saturated rings. The molecule has 1 aromatic rings. The minimum atomic E-state index is -1.90. The van der Waals surface area contributed by atoms with Gasteiger partial charge in [0.25, 0.3) is 0 Å². The van der Waals surface area contributed by atoms with Crippen LogP contribution in [0.3, 0.4) is 0 Å². The van der Waals surface area contributed by atoms with Crippen molar-refractivity contribution in [3.8, 4) is 0 Å². The van der Waals surface area contributed by atoms with Crippen molar-refractivity contribution < 1.29 is 58.5 Å². The second-order valence-electron chi connectivity index (χ2n) is 15.7. The number of carboxylic acid groups (broad SMARTS) is 1. The summed E-state index contributed by atoms with van der Waals surface area (Å²) in [5.74, 6) is -9.54. The number of aliphatic imine (C=N–C) groups is 2. The molecule has 9 atom stereocenters. The average Bonchev–Trinajstić information content (AvgIpc) is 3.76. The van der Waals surface area contributed by atoms with Gasteiger partial charge in [-0.1, -0.05) is 30.3 Å². The number of primary amides is 1. The Kier molecular flexibility index (Phi) is 23.4. The Morgan fingerprint density at radius 1 is 0.687 bits per heavy atom. The van der Waals surface area contributed by atoms with Gasteiger partial charge in [0.05, 0.1) is 25.2 Å². The number of nitrogens with one attached hydrogen (secondary N) is 6. The molecule has 2 rings (SSSR count). The number of nitrogens with zero attached hydrogens (tertiary/aromatic N) is 3. The van der Waals surface area contributed by atoms with Crippen LogP contribution in [0, 0.1) is 0 Å². The van der Waals surface area contributed by atoms with Crippen molar-refractivity contribution >= 4 is 65.1 Å². The van der Waals surface area contributed by atoms with Crippen LogP contribution in [-0.2, 0) is 49.6 Å². The summed E-state index contributed by atoms with van der Waals surface area (Å²) in [5, 5.41) is 45.2. The molecule has 0 bridgehead atoms. The van der Waals surface area contributed by atoms with Crippen LogP contribution in [0.2, 0.25) is 0 Å². The van der Waals surface area contributed by atoms with Gasteiger partial charge in [0.15, 0.2) is 11.9 Å². The summed E-state index contributed by atoms with van der Waals surface area (Å²) >= 11 is 0. The molecule has 0 unspecified atom stereocenters. The molecule has 1 aliphatic rings. The van der Waals surface area contributed by atoms with Gasteiger partial charge >= 0.3 is 5.97 Å². The number of likely N-dealkylation sites (tertiary alicyclic amines) is 1. The van der Waals surface area contributed by atoms with Gasteiger partial charge in [-0.05, 0) is 57.9 Å². The molecule has 0 aliphatic carbocycles. The van der Waals surface area contributed by atoms with E-state index in [0.717, 1.165) is 13.8 Å². The van der Waals surface area contributed by atoms with Gasteiger partial charge in [0.1, 0.15) is 42.3 Å². The van der Waals surface area contributed by atoms with Crippen molar-refractivity contribution in [2.24, 2.45) is 44.4 Å². The van der Waals surface area contributed by atoms with E-state index in [0.29, 0.717) is 12.0 Å². The maximum atomic E-state index is 13.9. The number of carboxylic acids is 1. The van der Waals surface area contributed by atoms with Crippen molar-refractivity contribution in [1.82, 2.24) is 36.8 Å². The first-order valence-corrected chi connectivity index (χ1v) is 21.4. The molecule has 21 N–H and O–H groups in total. The number of carbonyl (C=O) groups excluding carboxylic acids is 8. The molecule has 1 aliphatic heterocycles. The van der Waals surface area contributed by atoms with E-state index < -0.39 is 121 Å². The Bertz CT molecular complexity index is 1940. The molecule has 1 aromatic carbocycles. The maximum Gasteiger partial charge on any atom is 0.326 e. The van der Waals surface area contributed by atoms with Gasteiger partial charge in [0, 0.05) is 26.1 Å². The molecule has 27 nitrogen and oxygen atoms in total. The number of amides is 8. The standard InChI is InChI=1S/C40H65N15O12/c1-20(56)30(35(63)51-25(18-28(42)58)33(61)52-26(38(66)67)17-22-9-4-3-5-10-22)54-36(64)31(21(2)57)53-32(60)23(11-6-14-47-39(43)44)50-34(62)27-13-8-16-55(27)37(65)24(49-29(59)19-41)12-7-15-48-40(45)46/h3-5,9-10,20-21,23-27,30-31,56-57H,6-8,11-19,41H2,1-2H3,(H2,42,58)(H,49,59)(H,50,62)(H,51,63)(H,52,61)(H,53,60)(H,54,64)(H,66,67)(H4,43,44,47)(H4,45,46,48)/t20-,21-,23+,24+,25+,26+,27+,30+,31+/m1/s1. The summed E-state index contributed by atoms with van der Waals surface area (Å²) in [7, 11) is 0. The first-order chi connectivity index (χ1) is 31.5. The third kappa shape index (κ3) is 19.5. The number of aliphatic carboxylic acids is 1. The SMILES string of the molecule is C[C@@H](O)[C@H](NC(=O)[C@H](CCCN=C(N)N)NC(=O)[C@@H]1CCCN1C(=O)[C@H](CCCN=C(N)N)NC(=O)CN)C(=O)N[C@H](C(=O)N[C@@H](CC(N)=O)C(=O)N[C@@H](Cc1ccccc1)C(=O)O)[C@@H](C)O. The lowest BCUT2D eigenvalue weighted by atomic mass is 10.0. The highest BCUT2D eigenvalue weighted by atomic mass is 16.4. The van der Waals surface area contributed by atoms with E-state index in [1.54, 1.807) is 30.3 Å². The molecular formula is C40H65N15O12. The quantitative estimate of drug-likeness (QED) is 0.0211. The molecule has 372 valence electrons. The predicted octanol–water partition coefficient (Wildman–Crippen LogP) is -7.08. The highest BCUT2D eigenvalue weighted by Gasteiger charge is 2.40. The zero-order valence-electron chi connectivity index (χ0n) is 37.4. The number of guanidine groups is 2. The van der Waals surface area contributed by atoms with Crippen LogP contribution in [0.25, 0.3) is 0 Å². The van der Waals surface area contributed by atoms with Crippen molar-refractivity contribution in [1.29, 1.82) is 0 Å². The zero-order valence-corrected chi connectivity index (χ0v) is 37.4. The van der Waals surface area contributed by atoms with Gasteiger partial charge < -0.3 is 86.5 Å². The molecular weight excluding hydrogens is 883 g/mol. The molecule has 0 spiro atoms. The topological polar surface area (TPSA) is 471 Å². The van der Waals surface area contributed by atoms with Crippen LogP contribution >= 0.6 is 0 Å². The molecule has 0 radical (unpaired) electrons. The number of aliphatic hydroxyl groups excluding tert-OH is 2. The summed E-state index contributed by atoms with van der Waals surface area (Å²) in [6, 6.07) is -2.46. The number of nitrogens with two attached hydrogens (primary N) is 6. The van der Waals surface area contributed by atoms with E-state index in [2.05, 4.69) is 41.9 Å². The zero-order chi connectivity index (χ0) is 50.4. The summed E-state index contributed by atoms with van der Waals surface area (Å²) in [4.78, 5) is 127. The fraction of sp³-hybridized carbons (Fsp3) is 0.575. The van der Waals surface area contributed by atoms with Crippen LogP contribution in [-0.4, -0.2) is 166 Å². The van der Waals surface area contributed by atoms with Gasteiger partial charge in [-0.2, -0.15) is 0 Å². The lowest BCUT2D eigenvalue weighted by Gasteiger charge is -2.31. The van der Waals surface area contributed by atoms with E-state index in [1.807, 2.05) is 0 Å². The van der Waals surface area contributed by atoms with E-state index in [4.69, 9.17) is 34.4 Å². The van der Waals surface area contributed by atoms with Gasteiger partial charge in [0.2, 0.25) is 47.3 Å². The second kappa shape index (κ2) is 28.0. The Labute approximate surface area is 386 Å². The molecule has 27 heteroatoms. The summed E-state index contributed by atoms with van der Waals surface area (Å²) in [5.41, 5.74) is 33.0. The molecule has 1 heterocycles. The molecule has 67 heavy (non-hydrogen) atoms. The van der Waals surface area contributed by atoms with Gasteiger partial charge in [-0.25, -0.2) is 4.79 Å². The minimum absolute atomic E-state index is 0.00263. The maximum absolute atomic E-state index is 13.9. The largest absolute Gasteiger partial charge is 0.480 e. The monoisotopic (exact) mass is 947 g/mol. The van der Waals surface area contributed by atoms with Gasteiger partial charge in [-0.3, -0.25) is 48.3 Å². The number of hydrogen-bond donors (Lipinski definition) is 15. The second-order valence-corrected chi connectivity index (χ2v) is 15.7.